The van der Waals surface area contributed by atoms with Crippen LogP contribution in [0.15, 0.2) is 18.2 Å². The molecule has 0 radical (unpaired) electrons. The molecule has 0 amide bonds. The second kappa shape index (κ2) is 5.80. The van der Waals surface area contributed by atoms with Crippen molar-refractivity contribution in [1.29, 1.82) is 0 Å². The molecule has 0 saturated carbocycles. The summed E-state index contributed by atoms with van der Waals surface area (Å²) >= 11 is 0. The van der Waals surface area contributed by atoms with Crippen LogP contribution in [0.4, 0.5) is 0 Å². The molecule has 0 aliphatic carbocycles. The molecule has 2 heterocycles. The summed E-state index contributed by atoms with van der Waals surface area (Å²) in [4.78, 5) is 0. The van der Waals surface area contributed by atoms with E-state index < -0.39 is 0 Å². The summed E-state index contributed by atoms with van der Waals surface area (Å²) in [5, 5.41) is 3.32. The third kappa shape index (κ3) is 2.69. The summed E-state index contributed by atoms with van der Waals surface area (Å²) in [5.74, 6) is 2.94. The average Bonchev–Trinajstić information content (AvgIpc) is 2.93. The predicted molar refractivity (Wildman–Crippen MR) is 72.8 cm³/mol. The zero-order valence-corrected chi connectivity index (χ0v) is 11.4. The largest absolute Gasteiger partial charge is 0.454 e. The first-order valence-corrected chi connectivity index (χ1v) is 7.00. The third-order valence-electron chi connectivity index (χ3n) is 4.08. The second-order valence-electron chi connectivity index (χ2n) is 5.23. The number of fused-ring (bicyclic) bond motifs is 1. The summed E-state index contributed by atoms with van der Waals surface area (Å²) in [5.41, 5.74) is 1.34. The highest BCUT2D eigenvalue weighted by molar-refractivity contribution is 5.45. The van der Waals surface area contributed by atoms with E-state index in [2.05, 4.69) is 17.4 Å². The minimum absolute atomic E-state index is 0.340. The van der Waals surface area contributed by atoms with Crippen molar-refractivity contribution in [2.45, 2.75) is 18.8 Å². The van der Waals surface area contributed by atoms with E-state index >= 15 is 0 Å². The van der Waals surface area contributed by atoms with Crippen LogP contribution in [0, 0.1) is 5.92 Å². The lowest BCUT2D eigenvalue weighted by atomic mass is 9.81. The lowest BCUT2D eigenvalue weighted by Crippen LogP contribution is -2.28. The Balaban J connectivity index is 1.82. The molecule has 0 bridgehead atoms. The average molecular weight is 263 g/mol. The fourth-order valence-electron chi connectivity index (χ4n) is 3.04. The highest BCUT2D eigenvalue weighted by atomic mass is 16.7. The van der Waals surface area contributed by atoms with Crippen molar-refractivity contribution in [3.8, 4) is 11.5 Å². The van der Waals surface area contributed by atoms with Gasteiger partial charge in [-0.3, -0.25) is 0 Å². The molecule has 1 N–H and O–H groups in total. The Labute approximate surface area is 114 Å². The van der Waals surface area contributed by atoms with Gasteiger partial charge in [-0.15, -0.1) is 0 Å². The molecule has 0 spiro atoms. The van der Waals surface area contributed by atoms with E-state index in [-0.39, 0.29) is 0 Å². The fourth-order valence-corrected chi connectivity index (χ4v) is 3.04. The summed E-state index contributed by atoms with van der Waals surface area (Å²) in [6.45, 7) is 3.10. The SMILES string of the molecule is CNCC(c1ccc2c(c1)OCO2)C1CCOCC1. The molecule has 1 fully saturated rings. The molecule has 4 nitrogen and oxygen atoms in total. The van der Waals surface area contributed by atoms with E-state index in [9.17, 15) is 0 Å². The van der Waals surface area contributed by atoms with Gasteiger partial charge in [-0.25, -0.2) is 0 Å². The Kier molecular flexibility index (Phi) is 3.89. The standard InChI is InChI=1S/C15H21NO3/c1-16-9-13(11-4-6-17-7-5-11)12-2-3-14-15(8-12)19-10-18-14/h2-3,8,11,13,16H,4-7,9-10H2,1H3. The van der Waals surface area contributed by atoms with Gasteiger partial charge in [-0.2, -0.15) is 0 Å². The Morgan fingerprint density at radius 2 is 2.00 bits per heavy atom. The molecule has 3 rings (SSSR count). The monoisotopic (exact) mass is 263 g/mol. The first kappa shape index (κ1) is 12.8. The third-order valence-corrected chi connectivity index (χ3v) is 4.08. The van der Waals surface area contributed by atoms with Crippen LogP contribution in [0.3, 0.4) is 0 Å². The van der Waals surface area contributed by atoms with Gasteiger partial charge in [0.15, 0.2) is 11.5 Å². The van der Waals surface area contributed by atoms with Crippen LogP contribution in [0.2, 0.25) is 0 Å². The van der Waals surface area contributed by atoms with E-state index in [1.165, 1.54) is 5.56 Å². The van der Waals surface area contributed by atoms with Crippen LogP contribution >= 0.6 is 0 Å². The van der Waals surface area contributed by atoms with Crippen molar-refractivity contribution >= 4 is 0 Å². The number of likely N-dealkylation sites (N-methyl/N-ethyl adjacent to an activating group) is 1. The quantitative estimate of drug-likeness (QED) is 0.903. The molecule has 104 valence electrons. The van der Waals surface area contributed by atoms with Crippen molar-refractivity contribution < 1.29 is 14.2 Å². The molecule has 1 atom stereocenters. The number of ether oxygens (including phenoxy) is 3. The maximum absolute atomic E-state index is 5.49. The van der Waals surface area contributed by atoms with Crippen LogP contribution in [-0.4, -0.2) is 33.6 Å². The van der Waals surface area contributed by atoms with Gasteiger partial charge in [0, 0.05) is 19.8 Å². The Bertz CT molecular complexity index is 429. The summed E-state index contributed by atoms with van der Waals surface area (Å²) < 4.78 is 16.3. The molecule has 1 aromatic carbocycles. The first-order chi connectivity index (χ1) is 9.38. The maximum Gasteiger partial charge on any atom is 0.231 e. The highest BCUT2D eigenvalue weighted by Crippen LogP contribution is 2.38. The summed E-state index contributed by atoms with van der Waals surface area (Å²) in [6.07, 6.45) is 2.28. The zero-order valence-electron chi connectivity index (χ0n) is 11.4. The van der Waals surface area contributed by atoms with Gasteiger partial charge in [0.2, 0.25) is 6.79 Å². The Morgan fingerprint density at radius 3 is 2.79 bits per heavy atom. The first-order valence-electron chi connectivity index (χ1n) is 7.00. The molecule has 1 unspecified atom stereocenters. The van der Waals surface area contributed by atoms with E-state index in [4.69, 9.17) is 14.2 Å². The van der Waals surface area contributed by atoms with Crippen molar-refractivity contribution in [1.82, 2.24) is 5.32 Å². The van der Waals surface area contributed by atoms with Crippen LogP contribution in [-0.2, 0) is 4.74 Å². The lowest BCUT2D eigenvalue weighted by molar-refractivity contribution is 0.0578. The van der Waals surface area contributed by atoms with Crippen LogP contribution in [0.1, 0.15) is 24.3 Å². The number of rotatable bonds is 4. The predicted octanol–water partition coefficient (Wildman–Crippen LogP) is 2.14. The van der Waals surface area contributed by atoms with Crippen LogP contribution in [0.5, 0.6) is 11.5 Å². The van der Waals surface area contributed by atoms with Gasteiger partial charge in [0.05, 0.1) is 0 Å². The molecule has 1 saturated heterocycles. The Hall–Kier alpha value is -1.26. The van der Waals surface area contributed by atoms with Gasteiger partial charge >= 0.3 is 0 Å². The molecule has 0 aromatic heterocycles. The smallest absolute Gasteiger partial charge is 0.231 e. The maximum atomic E-state index is 5.49. The minimum Gasteiger partial charge on any atom is -0.454 e. The molecule has 4 heteroatoms. The molecular formula is C15H21NO3. The molecule has 2 aliphatic heterocycles. The van der Waals surface area contributed by atoms with Gasteiger partial charge in [0.25, 0.3) is 0 Å². The summed E-state index contributed by atoms with van der Waals surface area (Å²) in [7, 11) is 2.01. The topological polar surface area (TPSA) is 39.7 Å². The fraction of sp³-hybridized carbons (Fsp3) is 0.600. The number of hydrogen-bond donors (Lipinski definition) is 1. The van der Waals surface area contributed by atoms with Gasteiger partial charge < -0.3 is 19.5 Å². The van der Waals surface area contributed by atoms with E-state index in [0.29, 0.717) is 18.6 Å². The van der Waals surface area contributed by atoms with Crippen LogP contribution < -0.4 is 14.8 Å². The summed E-state index contributed by atoms with van der Waals surface area (Å²) in [6, 6.07) is 6.34. The van der Waals surface area contributed by atoms with Crippen LogP contribution in [0.25, 0.3) is 0 Å². The molecule has 19 heavy (non-hydrogen) atoms. The highest BCUT2D eigenvalue weighted by Gasteiger charge is 2.26. The number of hydrogen-bond acceptors (Lipinski definition) is 4. The van der Waals surface area contributed by atoms with Gasteiger partial charge in [0.1, 0.15) is 0 Å². The van der Waals surface area contributed by atoms with Crippen molar-refractivity contribution in [2.24, 2.45) is 5.92 Å². The normalized spacial score (nSPS) is 20.5. The van der Waals surface area contributed by atoms with Gasteiger partial charge in [-0.1, -0.05) is 6.07 Å². The van der Waals surface area contributed by atoms with Crippen molar-refractivity contribution in [2.75, 3.05) is 33.6 Å². The van der Waals surface area contributed by atoms with E-state index in [0.717, 1.165) is 44.1 Å². The number of nitrogens with one attached hydrogen (secondary N) is 1. The minimum atomic E-state index is 0.340. The Morgan fingerprint density at radius 1 is 1.21 bits per heavy atom. The van der Waals surface area contributed by atoms with Crippen molar-refractivity contribution in [3.05, 3.63) is 23.8 Å². The van der Waals surface area contributed by atoms with Crippen molar-refractivity contribution in [3.63, 3.8) is 0 Å². The van der Waals surface area contributed by atoms with E-state index in [1.807, 2.05) is 13.1 Å². The second-order valence-corrected chi connectivity index (χ2v) is 5.23. The zero-order chi connectivity index (χ0) is 13.1. The molecule has 1 aromatic rings. The van der Waals surface area contributed by atoms with Gasteiger partial charge in [-0.05, 0) is 49.4 Å². The molecule has 2 aliphatic rings. The van der Waals surface area contributed by atoms with E-state index in [1.54, 1.807) is 0 Å². The number of benzene rings is 1. The molecular weight excluding hydrogens is 242 g/mol. The lowest BCUT2D eigenvalue weighted by Gasteiger charge is -2.30.